The Kier molecular flexibility index (Phi) is 5.46. The number of methoxy groups -OCH3 is 2. The maximum absolute atomic E-state index is 13.4. The van der Waals surface area contributed by atoms with Crippen LogP contribution < -0.4 is 9.47 Å². The Bertz CT molecular complexity index is 1160. The SMILES string of the molecule is COc1ccc(OC)c(C2=NN(S(=O)(=O)c3ccccc3)[C@@H](c3ccccc3)C2)c1. The maximum Gasteiger partial charge on any atom is 0.279 e. The molecule has 3 aromatic carbocycles. The fourth-order valence-corrected chi connectivity index (χ4v) is 4.99. The van der Waals surface area contributed by atoms with Crippen LogP contribution in [-0.2, 0) is 10.0 Å². The molecule has 0 saturated heterocycles. The maximum atomic E-state index is 13.4. The number of sulfonamides is 1. The van der Waals surface area contributed by atoms with Gasteiger partial charge in [0.15, 0.2) is 0 Å². The van der Waals surface area contributed by atoms with E-state index >= 15 is 0 Å². The predicted molar refractivity (Wildman–Crippen MR) is 115 cm³/mol. The molecule has 0 aliphatic carbocycles. The molecule has 0 saturated carbocycles. The third kappa shape index (κ3) is 3.64. The molecule has 30 heavy (non-hydrogen) atoms. The summed E-state index contributed by atoms with van der Waals surface area (Å²) in [7, 11) is -0.677. The monoisotopic (exact) mass is 422 g/mol. The minimum atomic E-state index is -3.84. The normalized spacial score (nSPS) is 16.3. The Labute approximate surface area is 176 Å². The molecule has 1 atom stereocenters. The highest BCUT2D eigenvalue weighted by Crippen LogP contribution is 2.39. The molecule has 0 unspecified atom stereocenters. The van der Waals surface area contributed by atoms with Crippen molar-refractivity contribution in [2.75, 3.05) is 14.2 Å². The number of nitrogens with zero attached hydrogens (tertiary/aromatic N) is 2. The second kappa shape index (κ2) is 8.20. The summed E-state index contributed by atoms with van der Waals surface area (Å²) in [5, 5.41) is 4.57. The quantitative estimate of drug-likeness (QED) is 0.596. The molecular formula is C23H22N2O4S. The van der Waals surface area contributed by atoms with Crippen LogP contribution in [0.2, 0.25) is 0 Å². The van der Waals surface area contributed by atoms with Crippen LogP contribution in [0.4, 0.5) is 0 Å². The van der Waals surface area contributed by atoms with Crippen LogP contribution >= 0.6 is 0 Å². The van der Waals surface area contributed by atoms with Gasteiger partial charge in [-0.25, -0.2) is 0 Å². The summed E-state index contributed by atoms with van der Waals surface area (Å²) in [6, 6.07) is 22.8. The molecule has 0 N–H and O–H groups in total. The molecule has 154 valence electrons. The minimum Gasteiger partial charge on any atom is -0.497 e. The van der Waals surface area contributed by atoms with Gasteiger partial charge in [-0.1, -0.05) is 48.5 Å². The first-order chi connectivity index (χ1) is 14.5. The van der Waals surface area contributed by atoms with E-state index in [2.05, 4.69) is 5.10 Å². The van der Waals surface area contributed by atoms with Crippen molar-refractivity contribution in [2.45, 2.75) is 17.4 Å². The molecule has 0 aromatic heterocycles. The Morgan fingerprint density at radius 1 is 0.900 bits per heavy atom. The van der Waals surface area contributed by atoms with Crippen LogP contribution in [-0.4, -0.2) is 32.8 Å². The highest BCUT2D eigenvalue weighted by Gasteiger charge is 2.38. The largest absolute Gasteiger partial charge is 0.497 e. The molecule has 3 aromatic rings. The molecule has 0 fully saturated rings. The van der Waals surface area contributed by atoms with E-state index in [1.807, 2.05) is 36.4 Å². The van der Waals surface area contributed by atoms with E-state index in [-0.39, 0.29) is 4.90 Å². The summed E-state index contributed by atoms with van der Waals surface area (Å²) in [6.07, 6.45) is 0.416. The van der Waals surface area contributed by atoms with Crippen LogP contribution in [0.25, 0.3) is 0 Å². The third-order valence-electron chi connectivity index (χ3n) is 5.06. The highest BCUT2D eigenvalue weighted by molar-refractivity contribution is 7.89. The fourth-order valence-electron chi connectivity index (χ4n) is 3.54. The van der Waals surface area contributed by atoms with Gasteiger partial charge >= 0.3 is 0 Å². The molecule has 7 heteroatoms. The second-order valence-corrected chi connectivity index (χ2v) is 8.63. The summed E-state index contributed by atoms with van der Waals surface area (Å²) < 4.78 is 38.9. The van der Waals surface area contributed by atoms with Crippen LogP contribution in [0.15, 0.2) is 88.9 Å². The van der Waals surface area contributed by atoms with E-state index in [0.29, 0.717) is 29.2 Å². The van der Waals surface area contributed by atoms with Crippen LogP contribution in [0.3, 0.4) is 0 Å². The minimum absolute atomic E-state index is 0.202. The number of hydrazone groups is 1. The lowest BCUT2D eigenvalue weighted by Crippen LogP contribution is -2.27. The molecule has 1 heterocycles. The van der Waals surface area contributed by atoms with Gasteiger partial charge in [0.25, 0.3) is 10.0 Å². The number of rotatable bonds is 6. The van der Waals surface area contributed by atoms with Gasteiger partial charge in [0.05, 0.1) is 30.9 Å². The van der Waals surface area contributed by atoms with Crippen molar-refractivity contribution in [3.05, 3.63) is 90.0 Å². The van der Waals surface area contributed by atoms with Gasteiger partial charge in [0, 0.05) is 12.0 Å². The first-order valence-corrected chi connectivity index (χ1v) is 10.9. The molecule has 4 rings (SSSR count). The standard InChI is InChI=1S/C23H22N2O4S/c1-28-18-13-14-23(29-2)20(15-18)21-16-22(17-9-5-3-6-10-17)25(24-21)30(26,27)19-11-7-4-8-12-19/h3-15,22H,16H2,1-2H3/t22-/m1/s1. The molecule has 0 spiro atoms. The van der Waals surface area contributed by atoms with Gasteiger partial charge in [-0.3, -0.25) is 0 Å². The van der Waals surface area contributed by atoms with Gasteiger partial charge < -0.3 is 9.47 Å². The van der Waals surface area contributed by atoms with Gasteiger partial charge in [0.2, 0.25) is 0 Å². The average molecular weight is 423 g/mol. The Morgan fingerprint density at radius 3 is 2.20 bits per heavy atom. The van der Waals surface area contributed by atoms with Gasteiger partial charge in [-0.05, 0) is 35.9 Å². The summed E-state index contributed by atoms with van der Waals surface area (Å²) in [4.78, 5) is 0.202. The lowest BCUT2D eigenvalue weighted by atomic mass is 9.98. The molecule has 0 radical (unpaired) electrons. The fraction of sp³-hybridized carbons (Fsp3) is 0.174. The summed E-state index contributed by atoms with van der Waals surface area (Å²) in [5.41, 5.74) is 2.21. The lowest BCUT2D eigenvalue weighted by Gasteiger charge is -2.23. The zero-order valence-corrected chi connectivity index (χ0v) is 17.5. The van der Waals surface area contributed by atoms with Crippen LogP contribution in [0.1, 0.15) is 23.6 Å². The van der Waals surface area contributed by atoms with Crippen molar-refractivity contribution in [1.29, 1.82) is 0 Å². The van der Waals surface area contributed by atoms with Crippen molar-refractivity contribution in [1.82, 2.24) is 4.41 Å². The average Bonchev–Trinajstić information content (AvgIpc) is 3.26. The molecule has 6 nitrogen and oxygen atoms in total. The number of hydrogen-bond acceptors (Lipinski definition) is 5. The summed E-state index contributed by atoms with van der Waals surface area (Å²) in [5.74, 6) is 1.26. The third-order valence-corrected chi connectivity index (χ3v) is 6.76. The predicted octanol–water partition coefficient (Wildman–Crippen LogP) is 4.24. The number of benzene rings is 3. The van der Waals surface area contributed by atoms with Gasteiger partial charge in [-0.15, -0.1) is 0 Å². The first-order valence-electron chi connectivity index (χ1n) is 9.49. The van der Waals surface area contributed by atoms with Crippen LogP contribution in [0.5, 0.6) is 11.5 Å². The zero-order valence-electron chi connectivity index (χ0n) is 16.7. The van der Waals surface area contributed by atoms with Crippen LogP contribution in [0, 0.1) is 0 Å². The summed E-state index contributed by atoms with van der Waals surface area (Å²) in [6.45, 7) is 0. The summed E-state index contributed by atoms with van der Waals surface area (Å²) >= 11 is 0. The first kappa shape index (κ1) is 20.0. The number of hydrogen-bond donors (Lipinski definition) is 0. The highest BCUT2D eigenvalue weighted by atomic mass is 32.2. The Hall–Kier alpha value is -3.32. The zero-order chi connectivity index (χ0) is 21.1. The van der Waals surface area contributed by atoms with E-state index < -0.39 is 16.1 Å². The topological polar surface area (TPSA) is 68.2 Å². The van der Waals surface area contributed by atoms with Crippen molar-refractivity contribution in [3.63, 3.8) is 0 Å². The van der Waals surface area contributed by atoms with Crippen molar-refractivity contribution in [3.8, 4) is 11.5 Å². The Morgan fingerprint density at radius 2 is 1.57 bits per heavy atom. The number of ether oxygens (including phenoxy) is 2. The molecule has 0 amide bonds. The smallest absolute Gasteiger partial charge is 0.279 e. The van der Waals surface area contributed by atoms with Gasteiger partial charge in [-0.2, -0.15) is 17.9 Å². The van der Waals surface area contributed by atoms with E-state index in [1.165, 1.54) is 4.41 Å². The van der Waals surface area contributed by atoms with E-state index in [1.54, 1.807) is 56.7 Å². The van der Waals surface area contributed by atoms with Gasteiger partial charge in [0.1, 0.15) is 11.5 Å². The lowest BCUT2D eigenvalue weighted by molar-refractivity contribution is 0.371. The van der Waals surface area contributed by atoms with Crippen molar-refractivity contribution >= 4 is 15.7 Å². The second-order valence-electron chi connectivity index (χ2n) is 6.83. The van der Waals surface area contributed by atoms with Crippen molar-refractivity contribution < 1.29 is 17.9 Å². The van der Waals surface area contributed by atoms with Crippen molar-refractivity contribution in [2.24, 2.45) is 5.10 Å². The molecule has 1 aliphatic rings. The van der Waals surface area contributed by atoms with E-state index in [9.17, 15) is 8.42 Å². The Balaban J connectivity index is 1.84. The van der Waals surface area contributed by atoms with E-state index in [0.717, 1.165) is 5.56 Å². The molecule has 0 bridgehead atoms. The van der Waals surface area contributed by atoms with E-state index in [4.69, 9.17) is 9.47 Å². The molecular weight excluding hydrogens is 400 g/mol. The molecule has 1 aliphatic heterocycles.